The van der Waals surface area contributed by atoms with Gasteiger partial charge >= 0.3 is 0 Å². The Labute approximate surface area is 145 Å². The maximum Gasteiger partial charge on any atom is 0.172 e. The van der Waals surface area contributed by atoms with Crippen molar-refractivity contribution in [1.82, 2.24) is 5.06 Å². The third-order valence-electron chi connectivity index (χ3n) is 5.29. The van der Waals surface area contributed by atoms with Crippen molar-refractivity contribution in [3.05, 3.63) is 35.9 Å². The van der Waals surface area contributed by atoms with E-state index in [1.54, 1.807) is 21.3 Å². The number of nitrogens with zero attached hydrogens (tertiary/aromatic N) is 1. The normalized spacial score (nSPS) is 31.3. The lowest BCUT2D eigenvalue weighted by atomic mass is 9.86. The molecular formula is C19H31NO4. The van der Waals surface area contributed by atoms with E-state index in [0.717, 1.165) is 31.2 Å². The van der Waals surface area contributed by atoms with E-state index in [-0.39, 0.29) is 6.10 Å². The molecule has 1 aromatic carbocycles. The van der Waals surface area contributed by atoms with Gasteiger partial charge in [0.1, 0.15) is 11.8 Å². The van der Waals surface area contributed by atoms with Crippen molar-refractivity contribution in [3.63, 3.8) is 0 Å². The van der Waals surface area contributed by atoms with Crippen LogP contribution in [0.15, 0.2) is 30.3 Å². The first-order valence-corrected chi connectivity index (χ1v) is 8.72. The van der Waals surface area contributed by atoms with Crippen LogP contribution in [0.3, 0.4) is 0 Å². The SMILES string of the molecule is CCC1(OC)CCC(OC)C(CC)(OC)N1OCc1ccccc1. The quantitative estimate of drug-likeness (QED) is 0.723. The maximum absolute atomic E-state index is 6.30. The van der Waals surface area contributed by atoms with Crippen molar-refractivity contribution in [2.45, 2.75) is 63.7 Å². The van der Waals surface area contributed by atoms with Crippen LogP contribution in [0.4, 0.5) is 0 Å². The molecule has 0 N–H and O–H groups in total. The zero-order chi connectivity index (χ0) is 17.6. The van der Waals surface area contributed by atoms with Gasteiger partial charge in [0.25, 0.3) is 0 Å². The summed E-state index contributed by atoms with van der Waals surface area (Å²) in [5, 5.41) is 1.92. The zero-order valence-electron chi connectivity index (χ0n) is 15.6. The molecule has 1 fully saturated rings. The molecule has 5 nitrogen and oxygen atoms in total. The van der Waals surface area contributed by atoms with Gasteiger partial charge in [-0.1, -0.05) is 44.2 Å². The molecule has 0 aliphatic carbocycles. The Morgan fingerprint density at radius 1 is 1.04 bits per heavy atom. The second-order valence-electron chi connectivity index (χ2n) is 6.22. The van der Waals surface area contributed by atoms with Gasteiger partial charge in [0, 0.05) is 21.3 Å². The van der Waals surface area contributed by atoms with Gasteiger partial charge in [-0.15, -0.1) is 5.06 Å². The molecule has 1 aliphatic heterocycles. The van der Waals surface area contributed by atoms with Crippen molar-refractivity contribution >= 4 is 0 Å². The third kappa shape index (κ3) is 3.37. The van der Waals surface area contributed by atoms with Crippen LogP contribution < -0.4 is 0 Å². The molecule has 2 rings (SSSR count). The summed E-state index contributed by atoms with van der Waals surface area (Å²) in [6, 6.07) is 10.1. The average molecular weight is 337 g/mol. The van der Waals surface area contributed by atoms with E-state index in [1.165, 1.54) is 0 Å². The minimum absolute atomic E-state index is 0.0712. The maximum atomic E-state index is 6.30. The van der Waals surface area contributed by atoms with Gasteiger partial charge in [0.15, 0.2) is 5.72 Å². The predicted molar refractivity (Wildman–Crippen MR) is 93.2 cm³/mol. The summed E-state index contributed by atoms with van der Waals surface area (Å²) >= 11 is 0. The smallest absolute Gasteiger partial charge is 0.172 e. The number of benzene rings is 1. The number of hydroxylamine groups is 2. The van der Waals surface area contributed by atoms with E-state index in [2.05, 4.69) is 26.0 Å². The van der Waals surface area contributed by atoms with Crippen molar-refractivity contribution in [2.75, 3.05) is 21.3 Å². The fourth-order valence-electron chi connectivity index (χ4n) is 3.78. The van der Waals surface area contributed by atoms with Gasteiger partial charge < -0.3 is 14.2 Å². The summed E-state index contributed by atoms with van der Waals surface area (Å²) in [6.07, 6.45) is 3.17. The van der Waals surface area contributed by atoms with E-state index >= 15 is 0 Å². The lowest BCUT2D eigenvalue weighted by Gasteiger charge is -2.56. The molecule has 1 heterocycles. The summed E-state index contributed by atoms with van der Waals surface area (Å²) < 4.78 is 17.7. The number of hydrogen-bond donors (Lipinski definition) is 0. The standard InChI is InChI=1S/C19H31NO4/c1-6-18(22-4)14-13-17(21-3)19(7-2,23-5)20(18)24-15-16-11-9-8-10-12-16/h8-12,17H,6-7,13-15H2,1-5H3. The van der Waals surface area contributed by atoms with Crippen molar-refractivity contribution in [2.24, 2.45) is 0 Å². The third-order valence-corrected chi connectivity index (χ3v) is 5.29. The Hall–Kier alpha value is -0.980. The molecular weight excluding hydrogens is 306 g/mol. The summed E-state index contributed by atoms with van der Waals surface area (Å²) in [4.78, 5) is 6.30. The van der Waals surface area contributed by atoms with E-state index in [1.807, 2.05) is 23.3 Å². The van der Waals surface area contributed by atoms with Crippen LogP contribution in [0.25, 0.3) is 0 Å². The Morgan fingerprint density at radius 3 is 2.25 bits per heavy atom. The molecule has 1 aromatic rings. The first kappa shape index (κ1) is 19.3. The highest BCUT2D eigenvalue weighted by molar-refractivity contribution is 5.13. The predicted octanol–water partition coefficient (Wildman–Crippen LogP) is 3.73. The average Bonchev–Trinajstić information content (AvgIpc) is 2.66. The molecule has 1 aliphatic rings. The van der Waals surface area contributed by atoms with Gasteiger partial charge in [-0.3, -0.25) is 4.84 Å². The zero-order valence-corrected chi connectivity index (χ0v) is 15.6. The molecule has 0 bridgehead atoms. The van der Waals surface area contributed by atoms with Crippen molar-refractivity contribution in [1.29, 1.82) is 0 Å². The molecule has 3 unspecified atom stereocenters. The molecule has 24 heavy (non-hydrogen) atoms. The van der Waals surface area contributed by atoms with Gasteiger partial charge in [-0.25, -0.2) is 0 Å². The van der Waals surface area contributed by atoms with Gasteiger partial charge in [0.05, 0.1) is 6.61 Å². The Balaban J connectivity index is 2.34. The molecule has 0 radical (unpaired) electrons. The minimum Gasteiger partial charge on any atom is -0.377 e. The lowest BCUT2D eigenvalue weighted by Crippen LogP contribution is -2.70. The van der Waals surface area contributed by atoms with Crippen LogP contribution in [0.1, 0.15) is 45.1 Å². The molecule has 5 heteroatoms. The largest absolute Gasteiger partial charge is 0.377 e. The number of methoxy groups -OCH3 is 3. The van der Waals surface area contributed by atoms with Crippen LogP contribution in [-0.2, 0) is 25.7 Å². The Bertz CT molecular complexity index is 485. The lowest BCUT2D eigenvalue weighted by molar-refractivity contribution is -0.434. The van der Waals surface area contributed by atoms with Crippen molar-refractivity contribution in [3.8, 4) is 0 Å². The van der Waals surface area contributed by atoms with E-state index in [0.29, 0.717) is 6.61 Å². The summed E-state index contributed by atoms with van der Waals surface area (Å²) in [7, 11) is 5.19. The fraction of sp³-hybridized carbons (Fsp3) is 0.684. The monoisotopic (exact) mass is 337 g/mol. The van der Waals surface area contributed by atoms with E-state index in [9.17, 15) is 0 Å². The second kappa shape index (κ2) is 8.41. The molecule has 136 valence electrons. The topological polar surface area (TPSA) is 40.2 Å². The van der Waals surface area contributed by atoms with Crippen LogP contribution >= 0.6 is 0 Å². The first-order valence-electron chi connectivity index (χ1n) is 8.72. The van der Waals surface area contributed by atoms with Crippen LogP contribution in [0.5, 0.6) is 0 Å². The Morgan fingerprint density at radius 2 is 1.75 bits per heavy atom. The molecule has 3 atom stereocenters. The highest BCUT2D eigenvalue weighted by Gasteiger charge is 2.57. The Kier molecular flexibility index (Phi) is 6.78. The molecule has 0 spiro atoms. The fourth-order valence-corrected chi connectivity index (χ4v) is 3.78. The van der Waals surface area contributed by atoms with E-state index in [4.69, 9.17) is 19.0 Å². The van der Waals surface area contributed by atoms with Gasteiger partial charge in [-0.2, -0.15) is 0 Å². The van der Waals surface area contributed by atoms with Crippen LogP contribution in [-0.4, -0.2) is 43.9 Å². The highest BCUT2D eigenvalue weighted by atomic mass is 16.8. The number of piperidine rings is 1. The molecule has 0 saturated carbocycles. The van der Waals surface area contributed by atoms with Crippen molar-refractivity contribution < 1.29 is 19.0 Å². The van der Waals surface area contributed by atoms with Gasteiger partial charge in [0.2, 0.25) is 0 Å². The summed E-state index contributed by atoms with van der Waals surface area (Å²) in [5.74, 6) is 0. The van der Waals surface area contributed by atoms with Gasteiger partial charge in [-0.05, 0) is 31.2 Å². The summed E-state index contributed by atoms with van der Waals surface area (Å²) in [6.45, 7) is 4.68. The first-order chi connectivity index (χ1) is 11.6. The summed E-state index contributed by atoms with van der Waals surface area (Å²) in [5.41, 5.74) is -0.0804. The number of hydrogen-bond acceptors (Lipinski definition) is 5. The highest BCUT2D eigenvalue weighted by Crippen LogP contribution is 2.45. The number of rotatable bonds is 8. The van der Waals surface area contributed by atoms with Crippen LogP contribution in [0.2, 0.25) is 0 Å². The van der Waals surface area contributed by atoms with E-state index < -0.39 is 11.4 Å². The minimum atomic E-state index is -0.673. The molecule has 1 saturated heterocycles. The number of ether oxygens (including phenoxy) is 3. The molecule has 0 aromatic heterocycles. The second-order valence-corrected chi connectivity index (χ2v) is 6.22. The van der Waals surface area contributed by atoms with Crippen LogP contribution in [0, 0.1) is 0 Å². The molecule has 0 amide bonds.